The first kappa shape index (κ1) is 18.7. The third kappa shape index (κ3) is 2.78. The second kappa shape index (κ2) is 6.70. The molecular formula is C12H4Cl8N2. The molecule has 0 aliphatic rings. The van der Waals surface area contributed by atoms with E-state index in [1.165, 1.54) is 0 Å². The first-order valence-corrected chi connectivity index (χ1v) is 8.36. The Kier molecular flexibility index (Phi) is 5.69. The minimum atomic E-state index is -0.00277. The summed E-state index contributed by atoms with van der Waals surface area (Å²) in [6.07, 6.45) is 0. The van der Waals surface area contributed by atoms with E-state index in [0.29, 0.717) is 0 Å². The van der Waals surface area contributed by atoms with Crippen LogP contribution < -0.4 is 11.5 Å². The molecule has 0 heterocycles. The van der Waals surface area contributed by atoms with E-state index in [-0.39, 0.29) is 62.7 Å². The Morgan fingerprint density at radius 3 is 0.909 bits per heavy atom. The Labute approximate surface area is 166 Å². The van der Waals surface area contributed by atoms with Crippen molar-refractivity contribution < 1.29 is 0 Å². The van der Waals surface area contributed by atoms with Crippen LogP contribution in [0.5, 0.6) is 0 Å². The van der Waals surface area contributed by atoms with Crippen LogP contribution in [0.25, 0.3) is 11.1 Å². The van der Waals surface area contributed by atoms with Crippen LogP contribution in [-0.4, -0.2) is 0 Å². The van der Waals surface area contributed by atoms with E-state index >= 15 is 0 Å². The highest BCUT2D eigenvalue weighted by Crippen LogP contribution is 2.54. The van der Waals surface area contributed by atoms with Crippen LogP contribution in [0, 0.1) is 0 Å². The minimum Gasteiger partial charge on any atom is -0.396 e. The lowest BCUT2D eigenvalue weighted by atomic mass is 10.0. The highest BCUT2D eigenvalue weighted by atomic mass is 35.5. The van der Waals surface area contributed by atoms with Gasteiger partial charge in [-0.15, -0.1) is 0 Å². The molecule has 118 valence electrons. The average molecular weight is 460 g/mol. The predicted octanol–water partition coefficient (Wildman–Crippen LogP) is 7.75. The van der Waals surface area contributed by atoms with Crippen LogP contribution in [0.3, 0.4) is 0 Å². The van der Waals surface area contributed by atoms with Crippen molar-refractivity contribution in [3.05, 3.63) is 40.2 Å². The van der Waals surface area contributed by atoms with Crippen molar-refractivity contribution in [3.8, 4) is 11.1 Å². The minimum absolute atomic E-state index is 0.00277. The topological polar surface area (TPSA) is 52.0 Å². The van der Waals surface area contributed by atoms with Gasteiger partial charge in [0.2, 0.25) is 0 Å². The lowest BCUT2D eigenvalue weighted by Gasteiger charge is -2.18. The number of rotatable bonds is 1. The molecule has 2 aromatic carbocycles. The van der Waals surface area contributed by atoms with Crippen LogP contribution in [0.2, 0.25) is 40.2 Å². The summed E-state index contributed by atoms with van der Waals surface area (Å²) in [5, 5.41) is 0.0669. The van der Waals surface area contributed by atoms with Gasteiger partial charge in [0.15, 0.2) is 0 Å². The van der Waals surface area contributed by atoms with Crippen molar-refractivity contribution in [1.29, 1.82) is 0 Å². The summed E-state index contributed by atoms with van der Waals surface area (Å²) in [7, 11) is 0. The van der Waals surface area contributed by atoms with Gasteiger partial charge in [-0.25, -0.2) is 0 Å². The molecule has 22 heavy (non-hydrogen) atoms. The molecule has 0 aromatic heterocycles. The summed E-state index contributed by atoms with van der Waals surface area (Å²) in [4.78, 5) is 0. The highest BCUT2D eigenvalue weighted by Gasteiger charge is 2.27. The molecule has 4 N–H and O–H groups in total. The summed E-state index contributed by atoms with van der Waals surface area (Å²) in [5.41, 5.74) is 12.0. The second-order valence-electron chi connectivity index (χ2n) is 4.09. The fourth-order valence-electron chi connectivity index (χ4n) is 1.74. The molecule has 10 heteroatoms. The third-order valence-electron chi connectivity index (χ3n) is 2.84. The first-order chi connectivity index (χ1) is 10.1. The third-order valence-corrected chi connectivity index (χ3v) is 6.31. The van der Waals surface area contributed by atoms with E-state index in [2.05, 4.69) is 0 Å². The number of hydrogen-bond donors (Lipinski definition) is 2. The Morgan fingerprint density at radius 1 is 0.364 bits per heavy atom. The Balaban J connectivity index is 3.03. The molecule has 0 fully saturated rings. The predicted molar refractivity (Wildman–Crippen MR) is 101 cm³/mol. The van der Waals surface area contributed by atoms with Crippen LogP contribution >= 0.6 is 92.8 Å². The molecule has 0 saturated heterocycles. The number of nitrogens with two attached hydrogens (primary N) is 2. The molecule has 0 unspecified atom stereocenters. The monoisotopic (exact) mass is 456 g/mol. The lowest BCUT2D eigenvalue weighted by molar-refractivity contribution is 1.60. The van der Waals surface area contributed by atoms with Gasteiger partial charge in [-0.05, 0) is 0 Å². The van der Waals surface area contributed by atoms with Crippen molar-refractivity contribution in [2.45, 2.75) is 0 Å². The summed E-state index contributed by atoms with van der Waals surface area (Å²) < 4.78 is 0. The standard InChI is InChI=1S/C12H4Cl8N2/c13-3-1(5(15)11(21)9(19)7(3)17)2-4(14)8(18)10(20)12(22)6(2)16/h21-22H2. The van der Waals surface area contributed by atoms with Crippen molar-refractivity contribution in [2.24, 2.45) is 0 Å². The molecule has 0 radical (unpaired) electrons. The molecular weight excluding hydrogens is 456 g/mol. The van der Waals surface area contributed by atoms with Gasteiger partial charge in [0.1, 0.15) is 0 Å². The van der Waals surface area contributed by atoms with Gasteiger partial charge in [0, 0.05) is 11.1 Å². The summed E-state index contributed by atoms with van der Waals surface area (Å²) in [6.45, 7) is 0. The first-order valence-electron chi connectivity index (χ1n) is 5.34. The van der Waals surface area contributed by atoms with Crippen molar-refractivity contribution in [2.75, 3.05) is 11.5 Å². The van der Waals surface area contributed by atoms with Gasteiger partial charge in [-0.3, -0.25) is 0 Å². The Hall–Kier alpha value is 0.360. The number of benzene rings is 2. The molecule has 0 aliphatic heterocycles. The molecule has 0 spiro atoms. The normalized spacial score (nSPS) is 11.1. The van der Waals surface area contributed by atoms with E-state index in [1.807, 2.05) is 0 Å². The fraction of sp³-hybridized carbons (Fsp3) is 0. The van der Waals surface area contributed by atoms with Crippen molar-refractivity contribution in [3.63, 3.8) is 0 Å². The maximum absolute atomic E-state index is 6.21. The molecule has 2 rings (SSSR count). The van der Waals surface area contributed by atoms with E-state index in [1.54, 1.807) is 0 Å². The van der Waals surface area contributed by atoms with Gasteiger partial charge in [0.05, 0.1) is 51.6 Å². The lowest BCUT2D eigenvalue weighted by Crippen LogP contribution is -1.98. The zero-order chi connectivity index (χ0) is 16.9. The van der Waals surface area contributed by atoms with Crippen LogP contribution in [-0.2, 0) is 0 Å². The van der Waals surface area contributed by atoms with E-state index in [9.17, 15) is 0 Å². The van der Waals surface area contributed by atoms with Gasteiger partial charge in [0.25, 0.3) is 0 Å². The SMILES string of the molecule is Nc1c(Cl)c(Cl)c(Cl)c(-c2c(Cl)c(N)c(Cl)c(Cl)c2Cl)c1Cl. The molecule has 2 aromatic rings. The largest absolute Gasteiger partial charge is 0.396 e. The molecule has 2 nitrogen and oxygen atoms in total. The fourth-order valence-corrected chi connectivity index (χ4v) is 3.94. The zero-order valence-corrected chi connectivity index (χ0v) is 16.2. The number of halogens is 8. The number of nitrogen functional groups attached to an aromatic ring is 2. The Morgan fingerprint density at radius 2 is 0.636 bits per heavy atom. The zero-order valence-electron chi connectivity index (χ0n) is 10.2. The maximum Gasteiger partial charge on any atom is 0.0852 e. The molecule has 0 bridgehead atoms. The van der Waals surface area contributed by atoms with E-state index < -0.39 is 0 Å². The second-order valence-corrected chi connectivity index (χ2v) is 7.11. The summed E-state index contributed by atoms with van der Waals surface area (Å²) in [5.74, 6) is 0. The number of anilines is 2. The van der Waals surface area contributed by atoms with Gasteiger partial charge >= 0.3 is 0 Å². The molecule has 0 saturated carbocycles. The number of hydrogen-bond acceptors (Lipinski definition) is 2. The molecule has 0 amide bonds. The van der Waals surface area contributed by atoms with Gasteiger partial charge in [-0.1, -0.05) is 92.8 Å². The van der Waals surface area contributed by atoms with Gasteiger partial charge < -0.3 is 11.5 Å². The quantitative estimate of drug-likeness (QED) is 0.260. The molecule has 0 aliphatic carbocycles. The van der Waals surface area contributed by atoms with Gasteiger partial charge in [-0.2, -0.15) is 0 Å². The Bertz CT molecular complexity index is 677. The summed E-state index contributed by atoms with van der Waals surface area (Å²) in [6, 6.07) is 0. The smallest absolute Gasteiger partial charge is 0.0852 e. The summed E-state index contributed by atoms with van der Waals surface area (Å²) >= 11 is 48.8. The van der Waals surface area contributed by atoms with E-state index in [0.717, 1.165) is 0 Å². The van der Waals surface area contributed by atoms with E-state index in [4.69, 9.17) is 104 Å². The van der Waals surface area contributed by atoms with Crippen LogP contribution in [0.15, 0.2) is 0 Å². The van der Waals surface area contributed by atoms with Crippen LogP contribution in [0.4, 0.5) is 11.4 Å². The van der Waals surface area contributed by atoms with Crippen molar-refractivity contribution in [1.82, 2.24) is 0 Å². The average Bonchev–Trinajstić information content (AvgIpc) is 2.50. The van der Waals surface area contributed by atoms with Crippen molar-refractivity contribution >= 4 is 104 Å². The maximum atomic E-state index is 6.21. The molecule has 0 atom stereocenters. The highest BCUT2D eigenvalue weighted by molar-refractivity contribution is 6.56. The van der Waals surface area contributed by atoms with Crippen LogP contribution in [0.1, 0.15) is 0 Å².